The Morgan fingerprint density at radius 1 is 1.33 bits per heavy atom. The fourth-order valence-corrected chi connectivity index (χ4v) is 2.83. The molecule has 0 aliphatic heterocycles. The maximum atomic E-state index is 12.0. The van der Waals surface area contributed by atoms with Crippen LogP contribution >= 0.6 is 0 Å². The lowest BCUT2D eigenvalue weighted by Gasteiger charge is -2.24. The van der Waals surface area contributed by atoms with E-state index < -0.39 is 10.0 Å². The van der Waals surface area contributed by atoms with Crippen LogP contribution in [0, 0.1) is 13.8 Å². The molecule has 0 saturated carbocycles. The third-order valence-electron chi connectivity index (χ3n) is 3.34. The van der Waals surface area contributed by atoms with Crippen LogP contribution in [0.4, 0.5) is 5.69 Å². The van der Waals surface area contributed by atoms with Gasteiger partial charge in [-0.15, -0.1) is 0 Å². The molecule has 0 fully saturated rings. The van der Waals surface area contributed by atoms with Crippen molar-refractivity contribution in [3.63, 3.8) is 0 Å². The molecule has 6 heteroatoms. The molecule has 21 heavy (non-hydrogen) atoms. The van der Waals surface area contributed by atoms with Crippen molar-refractivity contribution in [3.05, 3.63) is 29.3 Å². The molecule has 0 aromatic heterocycles. The summed E-state index contributed by atoms with van der Waals surface area (Å²) < 4.78 is 25.2. The molecule has 0 aliphatic carbocycles. The molecule has 0 saturated heterocycles. The molecule has 5 nitrogen and oxygen atoms in total. The zero-order valence-corrected chi connectivity index (χ0v) is 14.1. The first-order chi connectivity index (χ1) is 9.65. The molecule has 1 unspecified atom stereocenters. The molecular weight excluding hydrogens is 288 g/mol. The molecule has 1 N–H and O–H groups in total. The largest absolute Gasteiger partial charge is 0.352 e. The van der Waals surface area contributed by atoms with Crippen molar-refractivity contribution in [3.8, 4) is 0 Å². The van der Waals surface area contributed by atoms with E-state index in [1.807, 2.05) is 39.8 Å². The van der Waals surface area contributed by atoms with Gasteiger partial charge in [0.2, 0.25) is 15.9 Å². The first kappa shape index (κ1) is 17.5. The van der Waals surface area contributed by atoms with Crippen LogP contribution in [0.1, 0.15) is 31.4 Å². The summed E-state index contributed by atoms with van der Waals surface area (Å²) in [5.41, 5.74) is 2.32. The van der Waals surface area contributed by atoms with E-state index in [1.165, 1.54) is 0 Å². The topological polar surface area (TPSA) is 66.5 Å². The standard InChI is InChI=1S/C15H24N2O3S/c1-6-13(4)16-15(18)10-17(21(5,19)20)14-9-11(2)7-8-12(14)3/h7-9,13H,6,10H2,1-5H3,(H,16,18). The number of nitrogens with zero attached hydrogens (tertiary/aromatic N) is 1. The summed E-state index contributed by atoms with van der Waals surface area (Å²) in [6, 6.07) is 5.58. The molecule has 0 aliphatic rings. The van der Waals surface area contributed by atoms with E-state index in [0.717, 1.165) is 28.1 Å². The van der Waals surface area contributed by atoms with E-state index >= 15 is 0 Å². The van der Waals surface area contributed by atoms with E-state index in [9.17, 15) is 13.2 Å². The second kappa shape index (κ2) is 6.93. The lowest BCUT2D eigenvalue weighted by atomic mass is 10.1. The van der Waals surface area contributed by atoms with Gasteiger partial charge in [0.15, 0.2) is 0 Å². The lowest BCUT2D eigenvalue weighted by molar-refractivity contribution is -0.120. The van der Waals surface area contributed by atoms with E-state index in [0.29, 0.717) is 5.69 Å². The molecule has 1 rings (SSSR count). The van der Waals surface area contributed by atoms with Crippen LogP contribution in [0.25, 0.3) is 0 Å². The fourth-order valence-electron chi connectivity index (χ4n) is 1.92. The smallest absolute Gasteiger partial charge is 0.240 e. The lowest BCUT2D eigenvalue weighted by Crippen LogP contribution is -2.43. The third kappa shape index (κ3) is 5.04. The SMILES string of the molecule is CCC(C)NC(=O)CN(c1cc(C)ccc1C)S(C)(=O)=O. The Kier molecular flexibility index (Phi) is 5.78. The second-order valence-corrected chi connectivity index (χ2v) is 7.34. The van der Waals surface area contributed by atoms with Crippen molar-refractivity contribution in [1.29, 1.82) is 0 Å². The molecule has 118 valence electrons. The Morgan fingerprint density at radius 3 is 2.48 bits per heavy atom. The van der Waals surface area contributed by atoms with Gasteiger partial charge in [-0.1, -0.05) is 19.1 Å². The number of aryl methyl sites for hydroxylation is 2. The van der Waals surface area contributed by atoms with Crippen LogP contribution in [0.3, 0.4) is 0 Å². The molecule has 0 heterocycles. The van der Waals surface area contributed by atoms with Crippen LogP contribution in [-0.4, -0.2) is 33.2 Å². The van der Waals surface area contributed by atoms with Gasteiger partial charge in [-0.05, 0) is 44.4 Å². The number of hydrogen-bond donors (Lipinski definition) is 1. The van der Waals surface area contributed by atoms with Crippen LogP contribution in [0.15, 0.2) is 18.2 Å². The van der Waals surface area contributed by atoms with Gasteiger partial charge in [0, 0.05) is 6.04 Å². The summed E-state index contributed by atoms with van der Waals surface area (Å²) in [4.78, 5) is 12.0. The van der Waals surface area contributed by atoms with Crippen LogP contribution in [0.2, 0.25) is 0 Å². The molecule has 1 aromatic rings. The first-order valence-electron chi connectivity index (χ1n) is 6.99. The first-order valence-corrected chi connectivity index (χ1v) is 8.84. The van der Waals surface area contributed by atoms with Crippen molar-refractivity contribution < 1.29 is 13.2 Å². The minimum absolute atomic E-state index is 0.0255. The molecule has 0 radical (unpaired) electrons. The zero-order valence-electron chi connectivity index (χ0n) is 13.3. The molecule has 1 amide bonds. The highest BCUT2D eigenvalue weighted by Gasteiger charge is 2.22. The Bertz CT molecular complexity index is 611. The highest BCUT2D eigenvalue weighted by atomic mass is 32.2. The summed E-state index contributed by atoms with van der Waals surface area (Å²) in [5.74, 6) is -0.296. The Balaban J connectivity index is 3.08. The van der Waals surface area contributed by atoms with Crippen LogP contribution in [-0.2, 0) is 14.8 Å². The number of nitrogens with one attached hydrogen (secondary N) is 1. The Labute approximate surface area is 127 Å². The van der Waals surface area contributed by atoms with Gasteiger partial charge in [0.25, 0.3) is 0 Å². The average molecular weight is 312 g/mol. The fraction of sp³-hybridized carbons (Fsp3) is 0.533. The van der Waals surface area contributed by atoms with Crippen molar-refractivity contribution in [2.24, 2.45) is 0 Å². The summed E-state index contributed by atoms with van der Waals surface area (Å²) >= 11 is 0. The second-order valence-electron chi connectivity index (χ2n) is 5.44. The van der Waals surface area contributed by atoms with E-state index in [2.05, 4.69) is 5.32 Å². The molecular formula is C15H24N2O3S. The van der Waals surface area contributed by atoms with Gasteiger partial charge in [-0.3, -0.25) is 9.10 Å². The molecule has 1 atom stereocenters. The van der Waals surface area contributed by atoms with Gasteiger partial charge in [0.1, 0.15) is 6.54 Å². The van der Waals surface area contributed by atoms with Gasteiger partial charge < -0.3 is 5.32 Å². The van der Waals surface area contributed by atoms with Crippen molar-refractivity contribution in [2.45, 2.75) is 40.2 Å². The predicted octanol–water partition coefficient (Wildman–Crippen LogP) is 1.98. The van der Waals surface area contributed by atoms with Crippen molar-refractivity contribution in [1.82, 2.24) is 5.32 Å². The monoisotopic (exact) mass is 312 g/mol. The van der Waals surface area contributed by atoms with Crippen molar-refractivity contribution in [2.75, 3.05) is 17.1 Å². The quantitative estimate of drug-likeness (QED) is 0.873. The highest BCUT2D eigenvalue weighted by molar-refractivity contribution is 7.92. The number of carbonyl (C=O) groups is 1. The normalized spacial score (nSPS) is 12.8. The Morgan fingerprint density at radius 2 is 1.95 bits per heavy atom. The molecule has 0 bridgehead atoms. The number of benzene rings is 1. The highest BCUT2D eigenvalue weighted by Crippen LogP contribution is 2.23. The third-order valence-corrected chi connectivity index (χ3v) is 4.47. The van der Waals surface area contributed by atoms with E-state index in [-0.39, 0.29) is 18.5 Å². The van der Waals surface area contributed by atoms with Crippen molar-refractivity contribution >= 4 is 21.6 Å². The van der Waals surface area contributed by atoms with Gasteiger partial charge >= 0.3 is 0 Å². The van der Waals surface area contributed by atoms with Gasteiger partial charge in [-0.2, -0.15) is 0 Å². The number of amides is 1. The maximum absolute atomic E-state index is 12.0. The van der Waals surface area contributed by atoms with Gasteiger partial charge in [0.05, 0.1) is 11.9 Å². The van der Waals surface area contributed by atoms with Crippen LogP contribution < -0.4 is 9.62 Å². The number of rotatable bonds is 6. The zero-order chi connectivity index (χ0) is 16.2. The van der Waals surface area contributed by atoms with Gasteiger partial charge in [-0.25, -0.2) is 8.42 Å². The van der Waals surface area contributed by atoms with E-state index in [1.54, 1.807) is 6.07 Å². The maximum Gasteiger partial charge on any atom is 0.240 e. The Hall–Kier alpha value is -1.56. The van der Waals surface area contributed by atoms with E-state index in [4.69, 9.17) is 0 Å². The molecule has 1 aromatic carbocycles. The average Bonchev–Trinajstić information content (AvgIpc) is 2.37. The summed E-state index contributed by atoms with van der Waals surface area (Å²) in [7, 11) is -3.52. The number of anilines is 1. The minimum atomic E-state index is -3.52. The minimum Gasteiger partial charge on any atom is -0.352 e. The summed E-state index contributed by atoms with van der Waals surface area (Å²) in [6.45, 7) is 7.38. The number of hydrogen-bond acceptors (Lipinski definition) is 3. The van der Waals surface area contributed by atoms with Crippen LogP contribution in [0.5, 0.6) is 0 Å². The summed E-state index contributed by atoms with van der Waals surface area (Å²) in [5, 5.41) is 2.79. The summed E-state index contributed by atoms with van der Waals surface area (Å²) in [6.07, 6.45) is 1.92. The molecule has 0 spiro atoms. The predicted molar refractivity (Wildman–Crippen MR) is 86.0 cm³/mol. The number of carbonyl (C=O) groups excluding carboxylic acids is 1. The number of sulfonamides is 1.